The monoisotopic (exact) mass is 270 g/mol. The van der Waals surface area contributed by atoms with Gasteiger partial charge in [-0.2, -0.15) is 0 Å². The van der Waals surface area contributed by atoms with E-state index >= 15 is 0 Å². The molecule has 2 N–H and O–H groups in total. The predicted molar refractivity (Wildman–Crippen MR) is 73.9 cm³/mol. The zero-order valence-corrected chi connectivity index (χ0v) is 11.7. The van der Waals surface area contributed by atoms with Crippen LogP contribution in [0.2, 0.25) is 5.02 Å². The molecular formula is C13H19ClN2O2. The van der Waals surface area contributed by atoms with Gasteiger partial charge in [-0.05, 0) is 32.0 Å². The molecule has 1 aromatic rings. The summed E-state index contributed by atoms with van der Waals surface area (Å²) < 4.78 is 0. The zero-order chi connectivity index (χ0) is 13.7. The van der Waals surface area contributed by atoms with Gasteiger partial charge in [0.2, 0.25) is 5.91 Å². The van der Waals surface area contributed by atoms with Gasteiger partial charge in [-0.15, -0.1) is 0 Å². The maximum Gasteiger partial charge on any atom is 0.239 e. The van der Waals surface area contributed by atoms with E-state index in [1.54, 1.807) is 23.1 Å². The van der Waals surface area contributed by atoms with Gasteiger partial charge in [0.05, 0.1) is 13.2 Å². The SMILES string of the molecule is CC(C)NC(=O)CN(C)c1ccc(Cl)cc1CO. The van der Waals surface area contributed by atoms with Crippen LogP contribution < -0.4 is 10.2 Å². The van der Waals surface area contributed by atoms with Crippen molar-refractivity contribution in [2.45, 2.75) is 26.5 Å². The van der Waals surface area contributed by atoms with Crippen LogP contribution in [0.15, 0.2) is 18.2 Å². The fourth-order valence-electron chi connectivity index (χ4n) is 1.72. The highest BCUT2D eigenvalue weighted by atomic mass is 35.5. The largest absolute Gasteiger partial charge is 0.392 e. The van der Waals surface area contributed by atoms with Crippen molar-refractivity contribution >= 4 is 23.2 Å². The number of halogens is 1. The van der Waals surface area contributed by atoms with Gasteiger partial charge < -0.3 is 15.3 Å². The van der Waals surface area contributed by atoms with Crippen LogP contribution in [0.25, 0.3) is 0 Å². The number of amides is 1. The van der Waals surface area contributed by atoms with Crippen molar-refractivity contribution in [1.29, 1.82) is 0 Å². The minimum atomic E-state index is -0.105. The third kappa shape index (κ3) is 4.20. The van der Waals surface area contributed by atoms with Crippen LogP contribution in [-0.4, -0.2) is 30.6 Å². The summed E-state index contributed by atoms with van der Waals surface area (Å²) in [6.45, 7) is 3.97. The summed E-state index contributed by atoms with van der Waals surface area (Å²) in [6.07, 6.45) is 0. The number of hydrogen-bond donors (Lipinski definition) is 2. The smallest absolute Gasteiger partial charge is 0.239 e. The number of carbonyl (C=O) groups is 1. The number of aliphatic hydroxyl groups excluding tert-OH is 1. The number of nitrogens with zero attached hydrogens (tertiary/aromatic N) is 1. The first-order valence-electron chi connectivity index (χ1n) is 5.83. The molecule has 0 spiro atoms. The molecule has 0 atom stereocenters. The van der Waals surface area contributed by atoms with Crippen LogP contribution in [0.3, 0.4) is 0 Å². The zero-order valence-electron chi connectivity index (χ0n) is 10.9. The van der Waals surface area contributed by atoms with Crippen molar-refractivity contribution in [2.24, 2.45) is 0 Å². The first kappa shape index (κ1) is 14.8. The lowest BCUT2D eigenvalue weighted by Gasteiger charge is -2.22. The topological polar surface area (TPSA) is 52.6 Å². The molecule has 0 aromatic heterocycles. The van der Waals surface area contributed by atoms with Gasteiger partial charge in [-0.1, -0.05) is 11.6 Å². The lowest BCUT2D eigenvalue weighted by molar-refractivity contribution is -0.120. The van der Waals surface area contributed by atoms with Gasteiger partial charge in [0.1, 0.15) is 0 Å². The molecule has 0 aliphatic rings. The Morgan fingerprint density at radius 1 is 1.50 bits per heavy atom. The van der Waals surface area contributed by atoms with Crippen LogP contribution in [0.4, 0.5) is 5.69 Å². The molecule has 0 unspecified atom stereocenters. The van der Waals surface area contributed by atoms with E-state index in [1.807, 2.05) is 20.9 Å². The number of nitrogens with one attached hydrogen (secondary N) is 1. The Morgan fingerprint density at radius 3 is 2.72 bits per heavy atom. The maximum atomic E-state index is 11.7. The van der Waals surface area contributed by atoms with E-state index < -0.39 is 0 Å². The normalized spacial score (nSPS) is 10.6. The molecule has 0 bridgehead atoms. The summed E-state index contributed by atoms with van der Waals surface area (Å²) in [7, 11) is 1.81. The number of anilines is 1. The summed E-state index contributed by atoms with van der Waals surface area (Å²) in [6, 6.07) is 5.37. The molecule has 1 aromatic carbocycles. The summed E-state index contributed by atoms with van der Waals surface area (Å²) >= 11 is 5.87. The maximum absolute atomic E-state index is 11.7. The summed E-state index contributed by atoms with van der Waals surface area (Å²) in [5.41, 5.74) is 1.52. The Balaban J connectivity index is 2.77. The van der Waals surface area contributed by atoms with Gasteiger partial charge in [-0.25, -0.2) is 0 Å². The predicted octanol–water partition coefficient (Wildman–Crippen LogP) is 1.79. The van der Waals surface area contributed by atoms with Gasteiger partial charge in [-0.3, -0.25) is 4.79 Å². The Morgan fingerprint density at radius 2 is 2.17 bits per heavy atom. The lowest BCUT2D eigenvalue weighted by Crippen LogP contribution is -2.38. The quantitative estimate of drug-likeness (QED) is 0.858. The van der Waals surface area contributed by atoms with E-state index in [1.165, 1.54) is 0 Å². The molecule has 18 heavy (non-hydrogen) atoms. The van der Waals surface area contributed by atoms with Gasteiger partial charge in [0.15, 0.2) is 0 Å². The minimum Gasteiger partial charge on any atom is -0.392 e. The summed E-state index contributed by atoms with van der Waals surface area (Å²) in [4.78, 5) is 13.5. The van der Waals surface area contributed by atoms with E-state index in [-0.39, 0.29) is 25.1 Å². The second-order valence-electron chi connectivity index (χ2n) is 4.51. The summed E-state index contributed by atoms with van der Waals surface area (Å²) in [5, 5.41) is 12.7. The molecule has 5 heteroatoms. The molecule has 0 saturated carbocycles. The Bertz CT molecular complexity index is 421. The van der Waals surface area contributed by atoms with E-state index in [4.69, 9.17) is 11.6 Å². The van der Waals surface area contributed by atoms with Crippen LogP contribution in [0.5, 0.6) is 0 Å². The van der Waals surface area contributed by atoms with Crippen LogP contribution >= 0.6 is 11.6 Å². The van der Waals surface area contributed by atoms with Gasteiger partial charge >= 0.3 is 0 Å². The molecule has 1 amide bonds. The number of hydrogen-bond acceptors (Lipinski definition) is 3. The van der Waals surface area contributed by atoms with Crippen LogP contribution in [0.1, 0.15) is 19.4 Å². The van der Waals surface area contributed by atoms with Crippen molar-refractivity contribution in [1.82, 2.24) is 5.32 Å². The van der Waals surface area contributed by atoms with E-state index in [9.17, 15) is 9.90 Å². The highest BCUT2D eigenvalue weighted by molar-refractivity contribution is 6.30. The molecule has 4 nitrogen and oxygen atoms in total. The third-order valence-corrected chi connectivity index (χ3v) is 2.69. The minimum absolute atomic E-state index is 0.0497. The van der Waals surface area contributed by atoms with Crippen molar-refractivity contribution in [3.8, 4) is 0 Å². The van der Waals surface area contributed by atoms with Crippen molar-refractivity contribution < 1.29 is 9.90 Å². The fraction of sp³-hybridized carbons (Fsp3) is 0.462. The average Bonchev–Trinajstić information content (AvgIpc) is 2.27. The fourth-order valence-corrected chi connectivity index (χ4v) is 1.92. The number of aliphatic hydroxyl groups is 1. The average molecular weight is 271 g/mol. The van der Waals surface area contributed by atoms with Crippen molar-refractivity contribution in [3.63, 3.8) is 0 Å². The first-order valence-corrected chi connectivity index (χ1v) is 6.21. The number of benzene rings is 1. The van der Waals surface area contributed by atoms with Crippen LogP contribution in [-0.2, 0) is 11.4 Å². The summed E-state index contributed by atoms with van der Waals surface area (Å²) in [5.74, 6) is -0.0497. The number of rotatable bonds is 5. The van der Waals surface area contributed by atoms with E-state index in [0.29, 0.717) is 10.6 Å². The Kier molecular flexibility index (Phi) is 5.44. The number of likely N-dealkylation sites (N-methyl/N-ethyl adjacent to an activating group) is 1. The highest BCUT2D eigenvalue weighted by Gasteiger charge is 2.11. The molecular weight excluding hydrogens is 252 g/mol. The number of carbonyl (C=O) groups excluding carboxylic acids is 1. The first-order chi connectivity index (χ1) is 8.43. The Labute approximate surface area is 113 Å². The molecule has 0 fully saturated rings. The van der Waals surface area contributed by atoms with Gasteiger partial charge in [0.25, 0.3) is 0 Å². The van der Waals surface area contributed by atoms with Crippen molar-refractivity contribution in [2.75, 3.05) is 18.5 Å². The van der Waals surface area contributed by atoms with Crippen molar-refractivity contribution in [3.05, 3.63) is 28.8 Å². The molecule has 0 heterocycles. The Hall–Kier alpha value is -1.26. The molecule has 0 aliphatic carbocycles. The molecule has 1 rings (SSSR count). The lowest BCUT2D eigenvalue weighted by atomic mass is 10.1. The molecule has 0 radical (unpaired) electrons. The van der Waals surface area contributed by atoms with E-state index in [0.717, 1.165) is 5.69 Å². The second kappa shape index (κ2) is 6.61. The van der Waals surface area contributed by atoms with Crippen LogP contribution in [0, 0.1) is 0 Å². The second-order valence-corrected chi connectivity index (χ2v) is 4.95. The standard InChI is InChI=1S/C13H19ClN2O2/c1-9(2)15-13(18)7-16(3)12-5-4-11(14)6-10(12)8-17/h4-6,9,17H,7-8H2,1-3H3,(H,15,18). The molecule has 0 saturated heterocycles. The van der Waals surface area contributed by atoms with Gasteiger partial charge in [0, 0.05) is 29.4 Å². The highest BCUT2D eigenvalue weighted by Crippen LogP contribution is 2.23. The van der Waals surface area contributed by atoms with E-state index in [2.05, 4.69) is 5.32 Å². The molecule has 100 valence electrons. The molecule has 0 aliphatic heterocycles. The third-order valence-electron chi connectivity index (χ3n) is 2.45.